The monoisotopic (exact) mass is 371 g/mol. The highest BCUT2D eigenvalue weighted by Crippen LogP contribution is 2.36. The quantitative estimate of drug-likeness (QED) is 0.866. The highest BCUT2D eigenvalue weighted by atomic mass is 35.5. The van der Waals surface area contributed by atoms with Crippen LogP contribution in [-0.2, 0) is 9.59 Å². The molecule has 7 heteroatoms. The van der Waals surface area contributed by atoms with Gasteiger partial charge in [0.1, 0.15) is 11.8 Å². The molecule has 2 aliphatic heterocycles. The summed E-state index contributed by atoms with van der Waals surface area (Å²) in [7, 11) is 0. The SMILES string of the molecule is O=C(COc1ccc(Cl)cc1)N[C@H]1C[C@@H]2C(=O)Nc3ccccc3N2C1. The number of nitrogens with zero attached hydrogens (tertiary/aromatic N) is 1. The Morgan fingerprint density at radius 3 is 2.81 bits per heavy atom. The Kier molecular flexibility index (Phi) is 4.42. The van der Waals surface area contributed by atoms with Gasteiger partial charge in [0.25, 0.3) is 5.91 Å². The Morgan fingerprint density at radius 1 is 1.23 bits per heavy atom. The molecule has 2 atom stereocenters. The third-order valence-electron chi connectivity index (χ3n) is 4.62. The molecule has 2 heterocycles. The molecule has 2 aliphatic rings. The van der Waals surface area contributed by atoms with Crippen LogP contribution >= 0.6 is 11.6 Å². The molecular weight excluding hydrogens is 354 g/mol. The van der Waals surface area contributed by atoms with Crippen molar-refractivity contribution in [3.8, 4) is 5.75 Å². The van der Waals surface area contributed by atoms with Crippen molar-refractivity contribution < 1.29 is 14.3 Å². The van der Waals surface area contributed by atoms with Gasteiger partial charge in [0.05, 0.1) is 11.4 Å². The molecule has 6 nitrogen and oxygen atoms in total. The van der Waals surface area contributed by atoms with Gasteiger partial charge in [0, 0.05) is 17.6 Å². The van der Waals surface area contributed by atoms with Crippen molar-refractivity contribution in [1.29, 1.82) is 0 Å². The van der Waals surface area contributed by atoms with E-state index in [4.69, 9.17) is 16.3 Å². The number of anilines is 2. The van der Waals surface area contributed by atoms with Crippen molar-refractivity contribution in [1.82, 2.24) is 5.32 Å². The number of amides is 2. The zero-order valence-corrected chi connectivity index (χ0v) is 14.7. The lowest BCUT2D eigenvalue weighted by molar-refractivity contribution is -0.124. The van der Waals surface area contributed by atoms with Gasteiger partial charge in [-0.3, -0.25) is 9.59 Å². The highest BCUT2D eigenvalue weighted by Gasteiger charge is 2.41. The Morgan fingerprint density at radius 2 is 2.00 bits per heavy atom. The minimum atomic E-state index is -0.257. The fourth-order valence-corrected chi connectivity index (χ4v) is 3.58. The first-order chi connectivity index (χ1) is 12.6. The third kappa shape index (κ3) is 3.32. The molecule has 2 amide bonds. The average Bonchev–Trinajstić information content (AvgIpc) is 3.06. The van der Waals surface area contributed by atoms with Crippen molar-refractivity contribution in [3.05, 3.63) is 53.6 Å². The molecule has 0 spiro atoms. The summed E-state index contributed by atoms with van der Waals surface area (Å²) in [6, 6.07) is 14.2. The van der Waals surface area contributed by atoms with Crippen LogP contribution in [0.4, 0.5) is 11.4 Å². The van der Waals surface area contributed by atoms with E-state index in [2.05, 4.69) is 15.5 Å². The lowest BCUT2D eigenvalue weighted by Gasteiger charge is -2.32. The molecule has 2 N–H and O–H groups in total. The Hall–Kier alpha value is -2.73. The normalized spacial score (nSPS) is 20.8. The van der Waals surface area contributed by atoms with Gasteiger partial charge >= 0.3 is 0 Å². The molecule has 0 bridgehead atoms. The molecule has 0 aliphatic carbocycles. The molecule has 1 fully saturated rings. The summed E-state index contributed by atoms with van der Waals surface area (Å²) in [6.07, 6.45) is 0.576. The summed E-state index contributed by atoms with van der Waals surface area (Å²) in [5.74, 6) is 0.345. The predicted molar refractivity (Wildman–Crippen MR) is 99.7 cm³/mol. The number of hydrogen-bond acceptors (Lipinski definition) is 4. The van der Waals surface area contributed by atoms with Crippen molar-refractivity contribution in [3.63, 3.8) is 0 Å². The largest absolute Gasteiger partial charge is 0.484 e. The zero-order chi connectivity index (χ0) is 18.1. The van der Waals surface area contributed by atoms with Crippen molar-refractivity contribution in [2.45, 2.75) is 18.5 Å². The summed E-state index contributed by atoms with van der Waals surface area (Å²) >= 11 is 5.82. The first-order valence-corrected chi connectivity index (χ1v) is 8.82. The van der Waals surface area contributed by atoms with Crippen LogP contribution < -0.4 is 20.3 Å². The molecule has 2 aromatic carbocycles. The summed E-state index contributed by atoms with van der Waals surface area (Å²) in [4.78, 5) is 26.6. The van der Waals surface area contributed by atoms with E-state index >= 15 is 0 Å². The maximum atomic E-state index is 12.3. The summed E-state index contributed by atoms with van der Waals surface area (Å²) in [6.45, 7) is 0.521. The van der Waals surface area contributed by atoms with Crippen LogP contribution in [-0.4, -0.2) is 37.0 Å². The van der Waals surface area contributed by atoms with Crippen molar-refractivity contribution in [2.75, 3.05) is 23.4 Å². The minimum absolute atomic E-state index is 0.0298. The number of hydrogen-bond donors (Lipinski definition) is 2. The fourth-order valence-electron chi connectivity index (χ4n) is 3.45. The smallest absolute Gasteiger partial charge is 0.258 e. The lowest BCUT2D eigenvalue weighted by Crippen LogP contribution is -2.44. The Balaban J connectivity index is 1.36. The van der Waals surface area contributed by atoms with Gasteiger partial charge in [-0.15, -0.1) is 0 Å². The van der Waals surface area contributed by atoms with E-state index in [9.17, 15) is 9.59 Å². The van der Waals surface area contributed by atoms with Crippen molar-refractivity contribution >= 4 is 34.8 Å². The molecule has 26 heavy (non-hydrogen) atoms. The number of halogens is 1. The molecule has 2 aromatic rings. The topological polar surface area (TPSA) is 70.7 Å². The summed E-state index contributed by atoms with van der Waals surface area (Å²) < 4.78 is 5.47. The predicted octanol–water partition coefficient (Wildman–Crippen LogP) is 2.43. The number of para-hydroxylation sites is 2. The maximum absolute atomic E-state index is 12.3. The van der Waals surface area contributed by atoms with E-state index in [1.165, 1.54) is 0 Å². The average molecular weight is 372 g/mol. The second-order valence-corrected chi connectivity index (χ2v) is 6.85. The van der Waals surface area contributed by atoms with E-state index in [-0.39, 0.29) is 30.5 Å². The molecule has 134 valence electrons. The number of ether oxygens (including phenoxy) is 1. The van der Waals surface area contributed by atoms with E-state index in [0.717, 1.165) is 11.4 Å². The standard InChI is InChI=1S/C19H18ClN3O3/c20-12-5-7-14(8-6-12)26-11-18(24)21-13-9-17-19(25)22-15-3-1-2-4-16(15)23(17)10-13/h1-8,13,17H,9-11H2,(H,21,24)(H,22,25)/t13-,17+/m0/s1. The first kappa shape index (κ1) is 16.7. The van der Waals surface area contributed by atoms with Crippen LogP contribution in [0.25, 0.3) is 0 Å². The lowest BCUT2D eigenvalue weighted by atomic mass is 10.1. The second kappa shape index (κ2) is 6.88. The fraction of sp³-hybridized carbons (Fsp3) is 0.263. The number of nitrogens with one attached hydrogen (secondary N) is 2. The van der Waals surface area contributed by atoms with Crippen LogP contribution in [0.15, 0.2) is 48.5 Å². The molecule has 1 saturated heterocycles. The Labute approximate surface area is 156 Å². The number of carbonyl (C=O) groups is 2. The summed E-state index contributed by atoms with van der Waals surface area (Å²) in [5.41, 5.74) is 1.80. The second-order valence-electron chi connectivity index (χ2n) is 6.42. The number of carbonyl (C=O) groups excluding carboxylic acids is 2. The molecule has 0 radical (unpaired) electrons. The first-order valence-electron chi connectivity index (χ1n) is 8.44. The van der Waals surface area contributed by atoms with Gasteiger partial charge in [0.15, 0.2) is 6.61 Å². The van der Waals surface area contributed by atoms with Crippen LogP contribution in [0, 0.1) is 0 Å². The van der Waals surface area contributed by atoms with Crippen LogP contribution in [0.5, 0.6) is 5.75 Å². The highest BCUT2D eigenvalue weighted by molar-refractivity contribution is 6.30. The van der Waals surface area contributed by atoms with Gasteiger partial charge in [-0.05, 0) is 42.8 Å². The molecule has 4 rings (SSSR count). The van der Waals surface area contributed by atoms with E-state index in [1.807, 2.05) is 24.3 Å². The van der Waals surface area contributed by atoms with Gasteiger partial charge in [0.2, 0.25) is 5.91 Å². The van der Waals surface area contributed by atoms with Crippen LogP contribution in [0.2, 0.25) is 5.02 Å². The van der Waals surface area contributed by atoms with Crippen molar-refractivity contribution in [2.24, 2.45) is 0 Å². The van der Waals surface area contributed by atoms with E-state index in [1.54, 1.807) is 24.3 Å². The zero-order valence-electron chi connectivity index (χ0n) is 13.9. The van der Waals surface area contributed by atoms with Gasteiger partial charge in [-0.2, -0.15) is 0 Å². The minimum Gasteiger partial charge on any atom is -0.484 e. The maximum Gasteiger partial charge on any atom is 0.258 e. The molecule has 0 unspecified atom stereocenters. The van der Waals surface area contributed by atoms with E-state index in [0.29, 0.717) is 23.7 Å². The molecular formula is C19H18ClN3O3. The third-order valence-corrected chi connectivity index (χ3v) is 4.88. The number of fused-ring (bicyclic) bond motifs is 3. The van der Waals surface area contributed by atoms with Crippen LogP contribution in [0.1, 0.15) is 6.42 Å². The Bertz CT molecular complexity index is 840. The number of benzene rings is 2. The number of rotatable bonds is 4. The van der Waals surface area contributed by atoms with E-state index < -0.39 is 0 Å². The van der Waals surface area contributed by atoms with Gasteiger partial charge in [-0.25, -0.2) is 0 Å². The summed E-state index contributed by atoms with van der Waals surface area (Å²) in [5, 5.41) is 6.50. The van der Waals surface area contributed by atoms with Gasteiger partial charge < -0.3 is 20.3 Å². The van der Waals surface area contributed by atoms with Crippen LogP contribution in [0.3, 0.4) is 0 Å². The molecule has 0 saturated carbocycles. The van der Waals surface area contributed by atoms with Gasteiger partial charge in [-0.1, -0.05) is 23.7 Å². The molecule has 0 aromatic heterocycles.